The third kappa shape index (κ3) is 3.37. The molecule has 0 spiro atoms. The van der Waals surface area contributed by atoms with Gasteiger partial charge in [0.2, 0.25) is 0 Å². The van der Waals surface area contributed by atoms with E-state index in [0.29, 0.717) is 6.42 Å². The number of ketones is 1. The number of hydrogen-bond acceptors (Lipinski definition) is 2. The maximum atomic E-state index is 11.2. The summed E-state index contributed by atoms with van der Waals surface area (Å²) in [4.78, 5) is 11.2. The van der Waals surface area contributed by atoms with Gasteiger partial charge in [-0.25, -0.2) is 0 Å². The zero-order chi connectivity index (χ0) is 12.2. The minimum atomic E-state index is 0.0336. The van der Waals surface area contributed by atoms with Crippen molar-refractivity contribution in [3.05, 3.63) is 29.8 Å². The minimum absolute atomic E-state index is 0.0336. The van der Waals surface area contributed by atoms with E-state index in [9.17, 15) is 4.79 Å². The molecule has 0 amide bonds. The molecule has 1 rings (SSSR count). The van der Waals surface area contributed by atoms with Gasteiger partial charge < -0.3 is 4.74 Å². The van der Waals surface area contributed by atoms with E-state index in [4.69, 9.17) is 4.74 Å². The molecule has 1 aromatic rings. The lowest BCUT2D eigenvalue weighted by Crippen LogP contribution is -2.16. The molecule has 0 heterocycles. The Morgan fingerprint density at radius 3 is 2.44 bits per heavy atom. The molecule has 0 aliphatic rings. The summed E-state index contributed by atoms with van der Waals surface area (Å²) in [5.41, 5.74) is 1.17. The van der Waals surface area contributed by atoms with Gasteiger partial charge >= 0.3 is 0 Å². The lowest BCUT2D eigenvalue weighted by Gasteiger charge is -2.22. The molecule has 2 heteroatoms. The van der Waals surface area contributed by atoms with Gasteiger partial charge in [-0.05, 0) is 17.0 Å². The standard InChI is InChI=1S/C14H20O2/c1-5-11(15)10-16-13-9-7-6-8-12(13)14(2,3)4/h6-9H,5,10H2,1-4H3. The highest BCUT2D eigenvalue weighted by molar-refractivity contribution is 5.79. The van der Waals surface area contributed by atoms with Crippen molar-refractivity contribution in [2.45, 2.75) is 39.5 Å². The molecule has 0 atom stereocenters. The van der Waals surface area contributed by atoms with Crippen LogP contribution in [0.2, 0.25) is 0 Å². The second-order valence-corrected chi connectivity index (χ2v) is 4.93. The predicted molar refractivity (Wildman–Crippen MR) is 65.9 cm³/mol. The van der Waals surface area contributed by atoms with Gasteiger partial charge in [-0.3, -0.25) is 4.79 Å². The molecular formula is C14H20O2. The van der Waals surface area contributed by atoms with Crippen LogP contribution in [-0.4, -0.2) is 12.4 Å². The van der Waals surface area contributed by atoms with Crippen molar-refractivity contribution in [3.8, 4) is 5.75 Å². The third-order valence-corrected chi connectivity index (χ3v) is 2.48. The van der Waals surface area contributed by atoms with Gasteiger partial charge in [0.15, 0.2) is 5.78 Å². The number of hydrogen-bond donors (Lipinski definition) is 0. The van der Waals surface area contributed by atoms with E-state index in [1.807, 2.05) is 31.2 Å². The number of ether oxygens (including phenoxy) is 1. The van der Waals surface area contributed by atoms with E-state index in [0.717, 1.165) is 11.3 Å². The summed E-state index contributed by atoms with van der Waals surface area (Å²) in [6.45, 7) is 8.43. The fourth-order valence-corrected chi connectivity index (χ4v) is 1.47. The zero-order valence-electron chi connectivity index (χ0n) is 10.5. The first kappa shape index (κ1) is 12.8. The second kappa shape index (κ2) is 5.15. The van der Waals surface area contributed by atoms with Crippen molar-refractivity contribution < 1.29 is 9.53 Å². The fraction of sp³-hybridized carbons (Fsp3) is 0.500. The van der Waals surface area contributed by atoms with Gasteiger partial charge in [0, 0.05) is 6.42 Å². The van der Waals surface area contributed by atoms with Gasteiger partial charge in [-0.2, -0.15) is 0 Å². The predicted octanol–water partition coefficient (Wildman–Crippen LogP) is 3.34. The Bertz CT molecular complexity index is 361. The number of para-hydroxylation sites is 1. The Morgan fingerprint density at radius 2 is 1.88 bits per heavy atom. The fourth-order valence-electron chi connectivity index (χ4n) is 1.47. The molecule has 0 aromatic heterocycles. The normalized spacial score (nSPS) is 11.2. The quantitative estimate of drug-likeness (QED) is 0.778. The van der Waals surface area contributed by atoms with Gasteiger partial charge in [-0.1, -0.05) is 45.9 Å². The number of benzene rings is 1. The summed E-state index contributed by atoms with van der Waals surface area (Å²) in [6.07, 6.45) is 0.525. The maximum absolute atomic E-state index is 11.2. The van der Waals surface area contributed by atoms with Crippen LogP contribution in [0.4, 0.5) is 0 Å². The Morgan fingerprint density at radius 1 is 1.25 bits per heavy atom. The topological polar surface area (TPSA) is 26.3 Å². The van der Waals surface area contributed by atoms with Crippen LogP contribution in [-0.2, 0) is 10.2 Å². The molecular weight excluding hydrogens is 200 g/mol. The molecule has 0 saturated carbocycles. The van der Waals surface area contributed by atoms with Gasteiger partial charge in [0.25, 0.3) is 0 Å². The van der Waals surface area contributed by atoms with Gasteiger partial charge in [0.05, 0.1) is 0 Å². The average molecular weight is 220 g/mol. The number of Topliss-reactive ketones (excluding diaryl/α,β-unsaturated/α-hetero) is 1. The van der Waals surface area contributed by atoms with E-state index >= 15 is 0 Å². The molecule has 0 unspecified atom stereocenters. The van der Waals surface area contributed by atoms with Crippen LogP contribution in [0.25, 0.3) is 0 Å². The zero-order valence-corrected chi connectivity index (χ0v) is 10.5. The molecule has 0 aliphatic carbocycles. The van der Waals surface area contributed by atoms with Crippen LogP contribution >= 0.6 is 0 Å². The monoisotopic (exact) mass is 220 g/mol. The van der Waals surface area contributed by atoms with Crippen LogP contribution in [0, 0.1) is 0 Å². The van der Waals surface area contributed by atoms with Crippen LogP contribution in [0.3, 0.4) is 0 Å². The summed E-state index contributed by atoms with van der Waals surface area (Å²) < 4.78 is 5.57. The lowest BCUT2D eigenvalue weighted by molar-refractivity contribution is -0.120. The molecule has 16 heavy (non-hydrogen) atoms. The Hall–Kier alpha value is -1.31. The number of carbonyl (C=O) groups is 1. The van der Waals surface area contributed by atoms with E-state index in [2.05, 4.69) is 20.8 Å². The first-order valence-corrected chi connectivity index (χ1v) is 5.69. The van der Waals surface area contributed by atoms with E-state index in [-0.39, 0.29) is 17.8 Å². The van der Waals surface area contributed by atoms with Crippen LogP contribution < -0.4 is 4.74 Å². The first-order valence-electron chi connectivity index (χ1n) is 5.69. The second-order valence-electron chi connectivity index (χ2n) is 4.93. The summed E-state index contributed by atoms with van der Waals surface area (Å²) in [5.74, 6) is 0.945. The number of rotatable bonds is 4. The molecule has 0 fully saturated rings. The molecule has 0 aliphatic heterocycles. The summed E-state index contributed by atoms with van der Waals surface area (Å²) >= 11 is 0. The SMILES string of the molecule is CCC(=O)COc1ccccc1C(C)(C)C. The summed E-state index contributed by atoms with van der Waals surface area (Å²) in [6, 6.07) is 7.89. The van der Waals surface area contributed by atoms with Crippen molar-refractivity contribution in [1.82, 2.24) is 0 Å². The highest BCUT2D eigenvalue weighted by Gasteiger charge is 2.18. The van der Waals surface area contributed by atoms with Gasteiger partial charge in [0.1, 0.15) is 12.4 Å². The van der Waals surface area contributed by atoms with Crippen molar-refractivity contribution in [2.24, 2.45) is 0 Å². The van der Waals surface area contributed by atoms with E-state index in [1.54, 1.807) is 0 Å². The van der Waals surface area contributed by atoms with Crippen LogP contribution in [0.1, 0.15) is 39.7 Å². The van der Waals surface area contributed by atoms with Crippen molar-refractivity contribution in [1.29, 1.82) is 0 Å². The van der Waals surface area contributed by atoms with E-state index < -0.39 is 0 Å². The van der Waals surface area contributed by atoms with Crippen LogP contribution in [0.15, 0.2) is 24.3 Å². The van der Waals surface area contributed by atoms with Crippen molar-refractivity contribution in [3.63, 3.8) is 0 Å². The average Bonchev–Trinajstić information content (AvgIpc) is 2.25. The number of carbonyl (C=O) groups excluding carboxylic acids is 1. The Labute approximate surface area is 97.6 Å². The molecule has 2 nitrogen and oxygen atoms in total. The first-order chi connectivity index (χ1) is 7.45. The Balaban J connectivity index is 2.84. The van der Waals surface area contributed by atoms with Gasteiger partial charge in [-0.15, -0.1) is 0 Å². The molecule has 0 saturated heterocycles. The largest absolute Gasteiger partial charge is 0.486 e. The van der Waals surface area contributed by atoms with Crippen molar-refractivity contribution in [2.75, 3.05) is 6.61 Å². The summed E-state index contributed by atoms with van der Waals surface area (Å²) in [5, 5.41) is 0. The molecule has 0 bridgehead atoms. The molecule has 0 N–H and O–H groups in total. The minimum Gasteiger partial charge on any atom is -0.486 e. The molecule has 1 aromatic carbocycles. The maximum Gasteiger partial charge on any atom is 0.169 e. The van der Waals surface area contributed by atoms with Crippen molar-refractivity contribution >= 4 is 5.78 Å². The van der Waals surface area contributed by atoms with Crippen LogP contribution in [0.5, 0.6) is 5.75 Å². The Kier molecular flexibility index (Phi) is 4.11. The highest BCUT2D eigenvalue weighted by Crippen LogP contribution is 2.30. The van der Waals surface area contributed by atoms with E-state index in [1.165, 1.54) is 0 Å². The smallest absolute Gasteiger partial charge is 0.169 e. The summed E-state index contributed by atoms with van der Waals surface area (Å²) in [7, 11) is 0. The molecule has 0 radical (unpaired) electrons. The molecule has 88 valence electrons. The highest BCUT2D eigenvalue weighted by atomic mass is 16.5. The third-order valence-electron chi connectivity index (χ3n) is 2.48. The lowest BCUT2D eigenvalue weighted by atomic mass is 9.86.